The molecule has 1 heterocycles. The monoisotopic (exact) mass is 332 g/mol. The third-order valence-corrected chi connectivity index (χ3v) is 4.06. The molecule has 0 aliphatic rings. The fourth-order valence-electron chi connectivity index (χ4n) is 1.74. The minimum absolute atomic E-state index is 0.449. The van der Waals surface area contributed by atoms with Gasteiger partial charge in [-0.15, -0.1) is 0 Å². The summed E-state index contributed by atoms with van der Waals surface area (Å²) in [7, 11) is 0. The van der Waals surface area contributed by atoms with E-state index in [2.05, 4.69) is 27.0 Å². The maximum atomic E-state index is 9.35. The standard InChI is InChI=1S/C15H10BrClN2/c1-10-12(3-2-4-14(10)16)15(17)13(9-18)11-5-7-19-8-6-11/h2-8H,1H3/b15-13+. The van der Waals surface area contributed by atoms with Gasteiger partial charge in [0.2, 0.25) is 0 Å². The minimum atomic E-state index is 0.449. The number of rotatable bonds is 2. The van der Waals surface area contributed by atoms with E-state index in [-0.39, 0.29) is 0 Å². The van der Waals surface area contributed by atoms with Crippen LogP contribution in [0.5, 0.6) is 0 Å². The van der Waals surface area contributed by atoms with E-state index in [9.17, 15) is 5.26 Å². The van der Waals surface area contributed by atoms with Crippen molar-refractivity contribution in [3.8, 4) is 6.07 Å². The van der Waals surface area contributed by atoms with Gasteiger partial charge in [0, 0.05) is 16.9 Å². The van der Waals surface area contributed by atoms with Gasteiger partial charge >= 0.3 is 0 Å². The van der Waals surface area contributed by atoms with E-state index in [1.54, 1.807) is 24.5 Å². The van der Waals surface area contributed by atoms with Crippen molar-refractivity contribution in [1.82, 2.24) is 4.98 Å². The highest BCUT2D eigenvalue weighted by molar-refractivity contribution is 9.10. The van der Waals surface area contributed by atoms with E-state index in [0.29, 0.717) is 10.6 Å². The summed E-state index contributed by atoms with van der Waals surface area (Å²) in [6, 6.07) is 11.5. The second kappa shape index (κ2) is 6.01. The van der Waals surface area contributed by atoms with Crippen LogP contribution >= 0.6 is 27.5 Å². The van der Waals surface area contributed by atoms with Crippen molar-refractivity contribution in [1.29, 1.82) is 5.26 Å². The summed E-state index contributed by atoms with van der Waals surface area (Å²) in [6.07, 6.45) is 3.29. The van der Waals surface area contributed by atoms with Gasteiger partial charge in [-0.1, -0.05) is 39.7 Å². The topological polar surface area (TPSA) is 36.7 Å². The lowest BCUT2D eigenvalue weighted by Gasteiger charge is -2.09. The number of benzene rings is 1. The summed E-state index contributed by atoms with van der Waals surface area (Å²) in [5.41, 5.74) is 3.07. The summed E-state index contributed by atoms with van der Waals surface area (Å²) in [4.78, 5) is 3.94. The quantitative estimate of drug-likeness (QED) is 0.741. The number of pyridine rings is 1. The van der Waals surface area contributed by atoms with Crippen LogP contribution in [0, 0.1) is 18.3 Å². The molecule has 0 unspecified atom stereocenters. The molecule has 0 fully saturated rings. The van der Waals surface area contributed by atoms with E-state index in [0.717, 1.165) is 21.2 Å². The summed E-state index contributed by atoms with van der Waals surface area (Å²) in [5, 5.41) is 9.80. The Bertz CT molecular complexity index is 672. The summed E-state index contributed by atoms with van der Waals surface area (Å²) >= 11 is 9.87. The largest absolute Gasteiger partial charge is 0.265 e. The molecule has 2 rings (SSSR count). The number of hydrogen-bond acceptors (Lipinski definition) is 2. The van der Waals surface area contributed by atoms with Crippen molar-refractivity contribution in [3.63, 3.8) is 0 Å². The molecule has 0 radical (unpaired) electrons. The van der Waals surface area contributed by atoms with Crippen LogP contribution in [0.3, 0.4) is 0 Å². The van der Waals surface area contributed by atoms with Gasteiger partial charge in [0.25, 0.3) is 0 Å². The van der Waals surface area contributed by atoms with E-state index < -0.39 is 0 Å². The van der Waals surface area contributed by atoms with Crippen LogP contribution < -0.4 is 0 Å². The van der Waals surface area contributed by atoms with Gasteiger partial charge < -0.3 is 0 Å². The summed E-state index contributed by atoms with van der Waals surface area (Å²) in [6.45, 7) is 1.96. The zero-order valence-electron chi connectivity index (χ0n) is 10.2. The first-order valence-electron chi connectivity index (χ1n) is 5.61. The van der Waals surface area contributed by atoms with Crippen LogP contribution in [0.1, 0.15) is 16.7 Å². The van der Waals surface area contributed by atoms with E-state index in [1.807, 2.05) is 25.1 Å². The molecule has 94 valence electrons. The number of allylic oxidation sites excluding steroid dienone is 1. The Morgan fingerprint density at radius 3 is 2.58 bits per heavy atom. The third kappa shape index (κ3) is 2.86. The average Bonchev–Trinajstić information content (AvgIpc) is 2.44. The Hall–Kier alpha value is -1.63. The van der Waals surface area contributed by atoms with Gasteiger partial charge in [0.1, 0.15) is 6.07 Å². The fourth-order valence-corrected chi connectivity index (χ4v) is 2.46. The molecule has 4 heteroatoms. The predicted octanol–water partition coefficient (Wildman–Crippen LogP) is 4.78. The normalized spacial score (nSPS) is 11.7. The molecule has 2 aromatic rings. The lowest BCUT2D eigenvalue weighted by Crippen LogP contribution is -1.90. The van der Waals surface area contributed by atoms with Crippen LogP contribution in [-0.4, -0.2) is 4.98 Å². The molecule has 0 N–H and O–H groups in total. The molecule has 1 aromatic heterocycles. The smallest absolute Gasteiger partial charge is 0.101 e. The van der Waals surface area contributed by atoms with Gasteiger partial charge in [-0.3, -0.25) is 4.98 Å². The van der Waals surface area contributed by atoms with Crippen LogP contribution in [-0.2, 0) is 0 Å². The van der Waals surface area contributed by atoms with Gasteiger partial charge in [-0.25, -0.2) is 0 Å². The van der Waals surface area contributed by atoms with E-state index >= 15 is 0 Å². The molecule has 0 saturated heterocycles. The first-order valence-corrected chi connectivity index (χ1v) is 6.78. The second-order valence-corrected chi connectivity index (χ2v) is 5.18. The van der Waals surface area contributed by atoms with E-state index in [1.165, 1.54) is 0 Å². The first kappa shape index (κ1) is 13.8. The Morgan fingerprint density at radius 1 is 1.26 bits per heavy atom. The van der Waals surface area contributed by atoms with Crippen LogP contribution in [0.25, 0.3) is 10.6 Å². The van der Waals surface area contributed by atoms with Gasteiger partial charge in [-0.05, 0) is 41.8 Å². The van der Waals surface area contributed by atoms with Crippen molar-refractivity contribution in [3.05, 3.63) is 63.9 Å². The van der Waals surface area contributed by atoms with Crippen LogP contribution in [0.2, 0.25) is 0 Å². The highest BCUT2D eigenvalue weighted by Crippen LogP contribution is 2.33. The van der Waals surface area contributed by atoms with Crippen molar-refractivity contribution in [2.24, 2.45) is 0 Å². The highest BCUT2D eigenvalue weighted by Gasteiger charge is 2.12. The minimum Gasteiger partial charge on any atom is -0.265 e. The number of nitriles is 1. The number of halogens is 2. The molecular formula is C15H10BrClN2. The van der Waals surface area contributed by atoms with Gasteiger partial charge in [0.15, 0.2) is 0 Å². The molecule has 0 saturated carbocycles. The Kier molecular flexibility index (Phi) is 4.36. The van der Waals surface area contributed by atoms with Gasteiger partial charge in [0.05, 0.1) is 10.6 Å². The van der Waals surface area contributed by atoms with Crippen molar-refractivity contribution in [2.45, 2.75) is 6.92 Å². The zero-order chi connectivity index (χ0) is 13.8. The summed E-state index contributed by atoms with van der Waals surface area (Å²) < 4.78 is 0.968. The lowest BCUT2D eigenvalue weighted by molar-refractivity contribution is 1.32. The molecule has 1 aromatic carbocycles. The molecule has 2 nitrogen and oxygen atoms in total. The SMILES string of the molecule is Cc1c(Br)cccc1/C(Cl)=C(/C#N)c1ccncc1. The molecule has 0 bridgehead atoms. The lowest BCUT2D eigenvalue weighted by atomic mass is 10.0. The van der Waals surface area contributed by atoms with Crippen molar-refractivity contribution < 1.29 is 0 Å². The second-order valence-electron chi connectivity index (χ2n) is 3.95. The van der Waals surface area contributed by atoms with Gasteiger partial charge in [-0.2, -0.15) is 5.26 Å². The molecule has 0 amide bonds. The fraction of sp³-hybridized carbons (Fsp3) is 0.0667. The van der Waals surface area contributed by atoms with E-state index in [4.69, 9.17) is 11.6 Å². The highest BCUT2D eigenvalue weighted by atomic mass is 79.9. The average molecular weight is 334 g/mol. The molecule has 19 heavy (non-hydrogen) atoms. The molecule has 0 aliphatic heterocycles. The number of hydrogen-bond donors (Lipinski definition) is 0. The number of nitrogens with zero attached hydrogens (tertiary/aromatic N) is 2. The zero-order valence-corrected chi connectivity index (χ0v) is 12.5. The van der Waals surface area contributed by atoms with Crippen LogP contribution in [0.15, 0.2) is 47.2 Å². The number of aromatic nitrogens is 1. The van der Waals surface area contributed by atoms with Crippen molar-refractivity contribution in [2.75, 3.05) is 0 Å². The molecule has 0 aliphatic carbocycles. The molecule has 0 spiro atoms. The maximum absolute atomic E-state index is 9.35. The molecular weight excluding hydrogens is 324 g/mol. The molecule has 0 atom stereocenters. The predicted molar refractivity (Wildman–Crippen MR) is 81.4 cm³/mol. The van der Waals surface area contributed by atoms with Crippen LogP contribution in [0.4, 0.5) is 0 Å². The third-order valence-electron chi connectivity index (χ3n) is 2.80. The Morgan fingerprint density at radius 2 is 1.95 bits per heavy atom. The first-order chi connectivity index (χ1) is 9.15. The maximum Gasteiger partial charge on any atom is 0.101 e. The Labute approximate surface area is 125 Å². The van der Waals surface area contributed by atoms with Crippen molar-refractivity contribution >= 4 is 38.1 Å². The summed E-state index contributed by atoms with van der Waals surface area (Å²) in [5.74, 6) is 0. The Balaban J connectivity index is 2.63.